The van der Waals surface area contributed by atoms with Crippen LogP contribution < -0.4 is 26.4 Å². The van der Waals surface area contributed by atoms with Gasteiger partial charge >= 0.3 is 6.36 Å². The molecule has 0 unspecified atom stereocenters. The van der Waals surface area contributed by atoms with Gasteiger partial charge < -0.3 is 10.1 Å². The molecule has 0 fully saturated rings. The van der Waals surface area contributed by atoms with Crippen LogP contribution in [0.3, 0.4) is 0 Å². The fourth-order valence-electron chi connectivity index (χ4n) is 2.30. The second kappa shape index (κ2) is 8.42. The molecule has 3 rings (SSSR count). The molecule has 10 nitrogen and oxygen atoms in total. The number of nitrogens with one attached hydrogen (secondary N) is 4. The Morgan fingerprint density at radius 3 is 2.53 bits per heavy atom. The standard InChI is InChI=1S/C16H13ClF3N7O3/c1-27-15(24-25-26-27)23-13(28)8-5-6-10(30-16(18,19)20)12(11(8)17)22-14(29)9-4-2-3-7-21-9/h2-7,25-26H,1H3,(H,22,29)(H,23,24,28). The minimum Gasteiger partial charge on any atom is -0.404 e. The van der Waals surface area contributed by atoms with Gasteiger partial charge in [0.25, 0.3) is 11.8 Å². The van der Waals surface area contributed by atoms with Crippen LogP contribution in [0.4, 0.5) is 18.9 Å². The molecule has 1 aliphatic rings. The lowest BCUT2D eigenvalue weighted by Gasteiger charge is -2.18. The van der Waals surface area contributed by atoms with Crippen molar-refractivity contribution >= 4 is 35.1 Å². The number of amides is 2. The Morgan fingerprint density at radius 1 is 1.17 bits per heavy atom. The lowest BCUT2D eigenvalue weighted by atomic mass is 10.1. The van der Waals surface area contributed by atoms with Crippen molar-refractivity contribution in [2.24, 2.45) is 5.10 Å². The van der Waals surface area contributed by atoms with Crippen LogP contribution in [0.25, 0.3) is 0 Å². The number of nitrogens with zero attached hydrogens (tertiary/aromatic N) is 3. The van der Waals surface area contributed by atoms with Crippen molar-refractivity contribution in [2.75, 3.05) is 12.4 Å². The summed E-state index contributed by atoms with van der Waals surface area (Å²) >= 11 is 6.16. The van der Waals surface area contributed by atoms with Gasteiger partial charge in [0.05, 0.1) is 10.6 Å². The number of hydrazine groups is 2. The Kier molecular flexibility index (Phi) is 5.94. The van der Waals surface area contributed by atoms with Crippen LogP contribution in [0.1, 0.15) is 20.8 Å². The van der Waals surface area contributed by atoms with Crippen molar-refractivity contribution in [1.82, 2.24) is 26.4 Å². The van der Waals surface area contributed by atoms with E-state index >= 15 is 0 Å². The van der Waals surface area contributed by atoms with Crippen LogP contribution in [0.2, 0.25) is 5.02 Å². The van der Waals surface area contributed by atoms with Crippen molar-refractivity contribution in [3.05, 3.63) is 52.8 Å². The molecule has 0 bridgehead atoms. The quantitative estimate of drug-likeness (QED) is 0.569. The monoisotopic (exact) mass is 443 g/mol. The Bertz CT molecular complexity index is 1000. The number of halogens is 4. The number of pyridine rings is 1. The zero-order valence-electron chi connectivity index (χ0n) is 15.0. The molecule has 0 saturated carbocycles. The van der Waals surface area contributed by atoms with Crippen LogP contribution in [0, 0.1) is 0 Å². The largest absolute Gasteiger partial charge is 0.573 e. The van der Waals surface area contributed by atoms with Gasteiger partial charge in [0, 0.05) is 13.2 Å². The normalized spacial score (nSPS) is 13.4. The van der Waals surface area contributed by atoms with E-state index in [1.165, 1.54) is 23.3 Å². The average Bonchev–Trinajstić information content (AvgIpc) is 3.08. The lowest BCUT2D eigenvalue weighted by molar-refractivity contribution is -0.274. The number of anilines is 1. The Hall–Kier alpha value is -3.58. The Balaban J connectivity index is 1.95. The van der Waals surface area contributed by atoms with E-state index < -0.39 is 34.6 Å². The van der Waals surface area contributed by atoms with E-state index in [2.05, 4.69) is 36.5 Å². The topological polar surface area (TPSA) is 120 Å². The zero-order chi connectivity index (χ0) is 21.9. The first-order valence-corrected chi connectivity index (χ1v) is 8.47. The SMILES string of the molecule is CN1NNN=C1NC(=O)c1ccc(OC(F)(F)F)c(NC(=O)c2ccccn2)c1Cl. The molecule has 2 amide bonds. The third-order valence-electron chi connectivity index (χ3n) is 3.63. The lowest BCUT2D eigenvalue weighted by Crippen LogP contribution is -2.45. The maximum atomic E-state index is 12.8. The van der Waals surface area contributed by atoms with E-state index in [0.29, 0.717) is 0 Å². The summed E-state index contributed by atoms with van der Waals surface area (Å²) in [6.07, 6.45) is -3.73. The molecule has 2 heterocycles. The van der Waals surface area contributed by atoms with Crippen molar-refractivity contribution < 1.29 is 27.5 Å². The molecule has 4 N–H and O–H groups in total. The summed E-state index contributed by atoms with van der Waals surface area (Å²) in [7, 11) is 1.54. The van der Waals surface area contributed by atoms with Gasteiger partial charge in [-0.2, -0.15) is 0 Å². The summed E-state index contributed by atoms with van der Waals surface area (Å²) in [5, 5.41) is 9.22. The molecule has 0 aliphatic carbocycles. The molecule has 0 radical (unpaired) electrons. The summed E-state index contributed by atoms with van der Waals surface area (Å²) in [5.41, 5.74) is 4.09. The minimum absolute atomic E-state index is 0.0748. The number of guanidine groups is 1. The number of hydrogen-bond acceptors (Lipinski definition) is 8. The zero-order valence-corrected chi connectivity index (χ0v) is 15.8. The fourth-order valence-corrected chi connectivity index (χ4v) is 2.59. The number of rotatable bonds is 4. The van der Waals surface area contributed by atoms with Crippen molar-refractivity contribution in [3.63, 3.8) is 0 Å². The van der Waals surface area contributed by atoms with Crippen LogP contribution >= 0.6 is 11.6 Å². The number of hydrazone groups is 1. The molecule has 0 atom stereocenters. The molecule has 2 aromatic rings. The first kappa shape index (κ1) is 21.1. The van der Waals surface area contributed by atoms with Gasteiger partial charge in [-0.3, -0.25) is 24.9 Å². The van der Waals surface area contributed by atoms with Crippen molar-refractivity contribution in [2.45, 2.75) is 6.36 Å². The van der Waals surface area contributed by atoms with E-state index in [1.807, 2.05) is 0 Å². The molecule has 14 heteroatoms. The second-order valence-corrected chi connectivity index (χ2v) is 6.07. The van der Waals surface area contributed by atoms with Gasteiger partial charge in [-0.1, -0.05) is 17.7 Å². The third kappa shape index (κ3) is 4.87. The highest BCUT2D eigenvalue weighted by Crippen LogP contribution is 2.38. The minimum atomic E-state index is -5.06. The first-order valence-electron chi connectivity index (χ1n) is 8.10. The Labute approximate surface area is 172 Å². The molecule has 0 saturated heterocycles. The molecule has 1 aromatic heterocycles. The highest BCUT2D eigenvalue weighted by Gasteiger charge is 2.34. The summed E-state index contributed by atoms with van der Waals surface area (Å²) in [6.45, 7) is 0. The number of aromatic nitrogens is 1. The van der Waals surface area contributed by atoms with Gasteiger partial charge in [-0.25, -0.2) is 5.53 Å². The van der Waals surface area contributed by atoms with Crippen LogP contribution in [-0.2, 0) is 0 Å². The number of carbonyl (C=O) groups is 2. The van der Waals surface area contributed by atoms with Gasteiger partial charge in [-0.05, 0) is 24.3 Å². The van der Waals surface area contributed by atoms with Crippen molar-refractivity contribution in [1.29, 1.82) is 0 Å². The van der Waals surface area contributed by atoms with E-state index in [4.69, 9.17) is 11.6 Å². The molecular weight excluding hydrogens is 431 g/mol. The van der Waals surface area contributed by atoms with Gasteiger partial charge in [0.2, 0.25) is 5.96 Å². The highest BCUT2D eigenvalue weighted by molar-refractivity contribution is 6.37. The molecule has 1 aliphatic heterocycles. The second-order valence-electron chi connectivity index (χ2n) is 5.69. The van der Waals surface area contributed by atoms with Gasteiger partial charge in [0.15, 0.2) is 5.75 Å². The maximum Gasteiger partial charge on any atom is 0.573 e. The average molecular weight is 444 g/mol. The van der Waals surface area contributed by atoms with Crippen LogP contribution in [0.5, 0.6) is 5.75 Å². The summed E-state index contributed by atoms with van der Waals surface area (Å²) in [6, 6.07) is 6.30. The van der Waals surface area contributed by atoms with Gasteiger partial charge in [0.1, 0.15) is 11.4 Å². The molecular formula is C16H13ClF3N7O3. The number of benzene rings is 1. The predicted octanol–water partition coefficient (Wildman–Crippen LogP) is 1.84. The molecule has 30 heavy (non-hydrogen) atoms. The van der Waals surface area contributed by atoms with Gasteiger partial charge in [-0.15, -0.1) is 23.8 Å². The van der Waals surface area contributed by atoms with Crippen LogP contribution in [0.15, 0.2) is 41.6 Å². The first-order chi connectivity index (χ1) is 14.2. The smallest absolute Gasteiger partial charge is 0.404 e. The van der Waals surface area contributed by atoms with E-state index in [1.54, 1.807) is 13.1 Å². The van der Waals surface area contributed by atoms with Crippen molar-refractivity contribution in [3.8, 4) is 5.75 Å². The Morgan fingerprint density at radius 2 is 1.93 bits per heavy atom. The van der Waals surface area contributed by atoms with Crippen LogP contribution in [-0.4, -0.2) is 41.2 Å². The van der Waals surface area contributed by atoms with E-state index in [9.17, 15) is 22.8 Å². The fraction of sp³-hybridized carbons (Fsp3) is 0.125. The molecule has 0 spiro atoms. The molecule has 158 valence electrons. The summed E-state index contributed by atoms with van der Waals surface area (Å²) in [5.74, 6) is -2.36. The number of alkyl halides is 3. The third-order valence-corrected chi connectivity index (χ3v) is 4.03. The van der Waals surface area contributed by atoms with E-state index in [0.717, 1.165) is 12.1 Å². The molecule has 1 aromatic carbocycles. The van der Waals surface area contributed by atoms with E-state index in [-0.39, 0.29) is 17.2 Å². The number of ether oxygens (including phenoxy) is 1. The number of carbonyl (C=O) groups excluding carboxylic acids is 2. The summed E-state index contributed by atoms with van der Waals surface area (Å²) < 4.78 is 42.3. The predicted molar refractivity (Wildman–Crippen MR) is 99.3 cm³/mol. The maximum absolute atomic E-state index is 12.8. The number of hydrogen-bond donors (Lipinski definition) is 4. The highest BCUT2D eigenvalue weighted by atomic mass is 35.5. The summed E-state index contributed by atoms with van der Waals surface area (Å²) in [4.78, 5) is 28.7.